The van der Waals surface area contributed by atoms with Gasteiger partial charge in [0.15, 0.2) is 0 Å². The molecule has 0 aliphatic carbocycles. The molecule has 2 aromatic rings. The standard InChI is InChI=1S/C17H17ClO3S/c1-11(2)10-21-13-5-3-4-12(8-13)9-14(17(19)20)15-6-7-16(18)22-15/h3-9,11H,10H2,1-2H3,(H,19,20)/b14-9-. The quantitative estimate of drug-likeness (QED) is 0.750. The van der Waals surface area contributed by atoms with Gasteiger partial charge in [-0.15, -0.1) is 11.3 Å². The van der Waals surface area contributed by atoms with E-state index >= 15 is 0 Å². The lowest BCUT2D eigenvalue weighted by molar-refractivity contribution is -0.130. The Labute approximate surface area is 138 Å². The molecule has 0 amide bonds. The Kier molecular flexibility index (Phi) is 5.63. The Morgan fingerprint density at radius 3 is 2.73 bits per heavy atom. The van der Waals surface area contributed by atoms with Crippen LogP contribution in [0.2, 0.25) is 4.34 Å². The average molecular weight is 337 g/mol. The van der Waals surface area contributed by atoms with Crippen molar-refractivity contribution in [3.63, 3.8) is 0 Å². The van der Waals surface area contributed by atoms with Gasteiger partial charge in [0, 0.05) is 4.88 Å². The van der Waals surface area contributed by atoms with E-state index in [4.69, 9.17) is 16.3 Å². The Morgan fingerprint density at radius 1 is 1.36 bits per heavy atom. The molecule has 0 unspecified atom stereocenters. The highest BCUT2D eigenvalue weighted by Gasteiger charge is 2.13. The minimum atomic E-state index is -0.980. The van der Waals surface area contributed by atoms with Crippen molar-refractivity contribution in [1.82, 2.24) is 0 Å². The number of carbonyl (C=O) groups is 1. The van der Waals surface area contributed by atoms with Crippen LogP contribution in [-0.2, 0) is 4.79 Å². The number of carboxylic acid groups (broad SMARTS) is 1. The predicted octanol–water partition coefficient (Wildman–Crippen LogP) is 5.06. The zero-order valence-electron chi connectivity index (χ0n) is 12.4. The van der Waals surface area contributed by atoms with E-state index in [0.29, 0.717) is 21.7 Å². The highest BCUT2D eigenvalue weighted by atomic mass is 35.5. The monoisotopic (exact) mass is 336 g/mol. The number of hydrogen-bond acceptors (Lipinski definition) is 3. The van der Waals surface area contributed by atoms with Crippen LogP contribution in [0, 0.1) is 5.92 Å². The van der Waals surface area contributed by atoms with Gasteiger partial charge in [-0.1, -0.05) is 37.6 Å². The van der Waals surface area contributed by atoms with E-state index in [2.05, 4.69) is 13.8 Å². The van der Waals surface area contributed by atoms with Gasteiger partial charge in [-0.25, -0.2) is 4.79 Å². The van der Waals surface area contributed by atoms with E-state index in [0.717, 1.165) is 11.3 Å². The van der Waals surface area contributed by atoms with Crippen LogP contribution < -0.4 is 4.74 Å². The van der Waals surface area contributed by atoms with Crippen molar-refractivity contribution in [2.45, 2.75) is 13.8 Å². The number of benzene rings is 1. The lowest BCUT2D eigenvalue weighted by Crippen LogP contribution is -2.04. The summed E-state index contributed by atoms with van der Waals surface area (Å²) in [5, 5.41) is 9.41. The third kappa shape index (κ3) is 4.61. The first-order valence-corrected chi connectivity index (χ1v) is 8.08. The molecule has 0 saturated carbocycles. The summed E-state index contributed by atoms with van der Waals surface area (Å²) in [5.74, 6) is 0.186. The Balaban J connectivity index is 2.28. The summed E-state index contributed by atoms with van der Waals surface area (Å²) in [6, 6.07) is 10.8. The summed E-state index contributed by atoms with van der Waals surface area (Å²) in [5.41, 5.74) is 1.00. The maximum Gasteiger partial charge on any atom is 0.337 e. The van der Waals surface area contributed by atoms with Crippen LogP contribution in [0.15, 0.2) is 36.4 Å². The number of thiophene rings is 1. The molecule has 0 spiro atoms. The second-order valence-corrected chi connectivity index (χ2v) is 6.96. The van der Waals surface area contributed by atoms with Crippen LogP contribution >= 0.6 is 22.9 Å². The molecule has 0 aliphatic heterocycles. The highest BCUT2D eigenvalue weighted by Crippen LogP contribution is 2.29. The van der Waals surface area contributed by atoms with E-state index in [1.165, 1.54) is 11.3 Å². The first-order chi connectivity index (χ1) is 10.5. The lowest BCUT2D eigenvalue weighted by Gasteiger charge is -2.09. The van der Waals surface area contributed by atoms with Crippen molar-refractivity contribution < 1.29 is 14.6 Å². The molecule has 1 N–H and O–H groups in total. The highest BCUT2D eigenvalue weighted by molar-refractivity contribution is 7.17. The molecule has 0 atom stereocenters. The van der Waals surface area contributed by atoms with E-state index in [1.54, 1.807) is 18.2 Å². The molecule has 3 nitrogen and oxygen atoms in total. The number of carboxylic acids is 1. The van der Waals surface area contributed by atoms with E-state index < -0.39 is 5.97 Å². The molecule has 0 fully saturated rings. The predicted molar refractivity (Wildman–Crippen MR) is 91.6 cm³/mol. The van der Waals surface area contributed by atoms with Crippen LogP contribution in [0.1, 0.15) is 24.3 Å². The van der Waals surface area contributed by atoms with Gasteiger partial charge in [-0.3, -0.25) is 0 Å². The molecule has 2 rings (SSSR count). The van der Waals surface area contributed by atoms with E-state index in [-0.39, 0.29) is 5.57 Å². The summed E-state index contributed by atoms with van der Waals surface area (Å²) in [6.07, 6.45) is 1.63. The fourth-order valence-corrected chi connectivity index (χ4v) is 2.87. The SMILES string of the molecule is CC(C)COc1cccc(/C=C(\C(=O)O)c2ccc(Cl)s2)c1. The number of aliphatic carboxylic acids is 1. The average Bonchev–Trinajstić information content (AvgIpc) is 2.89. The third-order valence-corrected chi connectivity index (χ3v) is 4.09. The maximum atomic E-state index is 11.5. The molecule has 116 valence electrons. The van der Waals surface area contributed by atoms with Crippen LogP contribution in [-0.4, -0.2) is 17.7 Å². The molecule has 1 aromatic heterocycles. The third-order valence-electron chi connectivity index (χ3n) is 2.82. The lowest BCUT2D eigenvalue weighted by atomic mass is 10.1. The Morgan fingerprint density at radius 2 is 2.14 bits per heavy atom. The smallest absolute Gasteiger partial charge is 0.337 e. The first-order valence-electron chi connectivity index (χ1n) is 6.89. The molecule has 22 heavy (non-hydrogen) atoms. The summed E-state index contributed by atoms with van der Waals surface area (Å²) in [6.45, 7) is 4.78. The van der Waals surface area contributed by atoms with Crippen LogP contribution in [0.3, 0.4) is 0 Å². The number of hydrogen-bond donors (Lipinski definition) is 1. The second kappa shape index (κ2) is 7.47. The zero-order chi connectivity index (χ0) is 16.1. The normalized spacial score (nSPS) is 11.7. The van der Waals surface area contributed by atoms with Gasteiger partial charge in [0.2, 0.25) is 0 Å². The summed E-state index contributed by atoms with van der Waals surface area (Å²) in [7, 11) is 0. The molecule has 1 heterocycles. The molecule has 0 saturated heterocycles. The molecule has 0 radical (unpaired) electrons. The topological polar surface area (TPSA) is 46.5 Å². The molecule has 5 heteroatoms. The summed E-state index contributed by atoms with van der Waals surface area (Å²) < 4.78 is 6.23. The minimum Gasteiger partial charge on any atom is -0.493 e. The molecule has 1 aromatic carbocycles. The van der Waals surface area contributed by atoms with Gasteiger partial charge in [0.05, 0.1) is 16.5 Å². The molecule has 0 bridgehead atoms. The largest absolute Gasteiger partial charge is 0.493 e. The van der Waals surface area contributed by atoms with E-state index in [1.807, 2.05) is 24.3 Å². The number of ether oxygens (including phenoxy) is 1. The molecular weight excluding hydrogens is 320 g/mol. The Hall–Kier alpha value is -1.78. The summed E-state index contributed by atoms with van der Waals surface area (Å²) >= 11 is 7.13. The zero-order valence-corrected chi connectivity index (χ0v) is 13.9. The molecular formula is C17H17ClO3S. The van der Waals surface area contributed by atoms with Gasteiger partial charge in [0.1, 0.15) is 5.75 Å². The van der Waals surface area contributed by atoms with Crippen molar-refractivity contribution in [1.29, 1.82) is 0 Å². The van der Waals surface area contributed by atoms with Crippen molar-refractivity contribution in [2.24, 2.45) is 5.92 Å². The van der Waals surface area contributed by atoms with Crippen LogP contribution in [0.4, 0.5) is 0 Å². The fraction of sp³-hybridized carbons (Fsp3) is 0.235. The maximum absolute atomic E-state index is 11.5. The minimum absolute atomic E-state index is 0.220. The van der Waals surface area contributed by atoms with Gasteiger partial charge < -0.3 is 9.84 Å². The second-order valence-electron chi connectivity index (χ2n) is 5.24. The Bertz CT molecular complexity index is 689. The van der Waals surface area contributed by atoms with Crippen molar-refractivity contribution >= 4 is 40.6 Å². The van der Waals surface area contributed by atoms with E-state index in [9.17, 15) is 9.90 Å². The molecule has 0 aliphatic rings. The van der Waals surface area contributed by atoms with Gasteiger partial charge >= 0.3 is 5.97 Å². The number of halogens is 1. The number of rotatable bonds is 6. The van der Waals surface area contributed by atoms with Crippen molar-refractivity contribution in [2.75, 3.05) is 6.61 Å². The van der Waals surface area contributed by atoms with Gasteiger partial charge in [-0.2, -0.15) is 0 Å². The van der Waals surface area contributed by atoms with Crippen LogP contribution in [0.5, 0.6) is 5.75 Å². The van der Waals surface area contributed by atoms with Gasteiger partial charge in [0.25, 0.3) is 0 Å². The van der Waals surface area contributed by atoms with Crippen molar-refractivity contribution in [3.8, 4) is 5.75 Å². The fourth-order valence-electron chi connectivity index (χ4n) is 1.82. The van der Waals surface area contributed by atoms with Gasteiger partial charge in [-0.05, 0) is 41.8 Å². The summed E-state index contributed by atoms with van der Waals surface area (Å²) in [4.78, 5) is 12.1. The first kappa shape index (κ1) is 16.6. The van der Waals surface area contributed by atoms with Crippen LogP contribution in [0.25, 0.3) is 11.6 Å². The van der Waals surface area contributed by atoms with Crippen molar-refractivity contribution in [3.05, 3.63) is 51.2 Å².